The van der Waals surface area contributed by atoms with E-state index in [0.717, 1.165) is 31.6 Å². The van der Waals surface area contributed by atoms with Crippen molar-refractivity contribution in [2.24, 2.45) is 0 Å². The third-order valence-electron chi connectivity index (χ3n) is 7.72. The summed E-state index contributed by atoms with van der Waals surface area (Å²) < 4.78 is 17.2. The van der Waals surface area contributed by atoms with Crippen molar-refractivity contribution in [3.05, 3.63) is 76.0 Å². The molecule has 212 valence electrons. The second-order valence-corrected chi connectivity index (χ2v) is 11.1. The Morgan fingerprint density at radius 1 is 0.925 bits per heavy atom. The van der Waals surface area contributed by atoms with Gasteiger partial charge in [0.2, 0.25) is 5.91 Å². The largest absolute Gasteiger partial charge is 0.496 e. The molecule has 0 saturated carbocycles. The van der Waals surface area contributed by atoms with Gasteiger partial charge in [0, 0.05) is 24.5 Å². The van der Waals surface area contributed by atoms with Gasteiger partial charge in [-0.1, -0.05) is 24.3 Å². The van der Waals surface area contributed by atoms with Crippen LogP contribution in [-0.4, -0.2) is 86.6 Å². The minimum atomic E-state index is -0.255. The Morgan fingerprint density at radius 2 is 1.62 bits per heavy atom. The third-order valence-corrected chi connectivity index (χ3v) is 8.71. The number of rotatable bonds is 11. The summed E-state index contributed by atoms with van der Waals surface area (Å²) in [6.07, 6.45) is 3.13. The van der Waals surface area contributed by atoms with Gasteiger partial charge in [-0.2, -0.15) is 0 Å². The number of thiophene rings is 1. The van der Waals surface area contributed by atoms with E-state index >= 15 is 0 Å². The van der Waals surface area contributed by atoms with Crippen molar-refractivity contribution < 1.29 is 23.8 Å². The van der Waals surface area contributed by atoms with Gasteiger partial charge < -0.3 is 28.9 Å². The molecule has 1 unspecified atom stereocenters. The van der Waals surface area contributed by atoms with Gasteiger partial charge in [-0.3, -0.25) is 9.59 Å². The monoisotopic (exact) mass is 563 g/mol. The summed E-state index contributed by atoms with van der Waals surface area (Å²) in [6.45, 7) is 4.14. The van der Waals surface area contributed by atoms with E-state index in [1.54, 1.807) is 42.6 Å². The van der Waals surface area contributed by atoms with E-state index < -0.39 is 0 Å². The maximum atomic E-state index is 14.0. The molecule has 0 aliphatic carbocycles. The lowest BCUT2D eigenvalue weighted by molar-refractivity contribution is -0.135. The lowest BCUT2D eigenvalue weighted by Crippen LogP contribution is -2.49. The molecule has 1 atom stereocenters. The molecule has 8 nitrogen and oxygen atoms in total. The van der Waals surface area contributed by atoms with Gasteiger partial charge >= 0.3 is 0 Å². The molecule has 2 aromatic carbocycles. The van der Waals surface area contributed by atoms with Crippen LogP contribution in [0, 0.1) is 0 Å². The van der Waals surface area contributed by atoms with E-state index in [1.807, 2.05) is 41.3 Å². The summed E-state index contributed by atoms with van der Waals surface area (Å²) in [5.74, 6) is 1.51. The number of carbonyl (C=O) groups is 2. The zero-order valence-corrected chi connectivity index (χ0v) is 24.0. The normalized spacial score (nSPS) is 16.9. The molecule has 3 aromatic rings. The van der Waals surface area contributed by atoms with Crippen molar-refractivity contribution in [3.63, 3.8) is 0 Å². The first-order chi connectivity index (χ1) is 19.6. The molecule has 0 radical (unpaired) electrons. The number of amides is 2. The SMILES string of the molecule is COc1ccccc1OCC1c2ccsc2CCN1C(=O)CN(CCN1CCCC1)C(=O)c1ccccc1OC. The van der Waals surface area contributed by atoms with Crippen molar-refractivity contribution in [1.29, 1.82) is 0 Å². The van der Waals surface area contributed by atoms with Crippen molar-refractivity contribution in [1.82, 2.24) is 14.7 Å². The van der Waals surface area contributed by atoms with Crippen LogP contribution in [0.15, 0.2) is 60.0 Å². The molecule has 2 aliphatic heterocycles. The zero-order chi connectivity index (χ0) is 27.9. The molecule has 1 aromatic heterocycles. The Balaban J connectivity index is 1.36. The summed E-state index contributed by atoms with van der Waals surface area (Å²) >= 11 is 1.71. The lowest BCUT2D eigenvalue weighted by Gasteiger charge is -2.37. The van der Waals surface area contributed by atoms with Crippen molar-refractivity contribution in [3.8, 4) is 17.2 Å². The minimum Gasteiger partial charge on any atom is -0.496 e. The highest BCUT2D eigenvalue weighted by atomic mass is 32.1. The highest BCUT2D eigenvalue weighted by molar-refractivity contribution is 7.10. The highest BCUT2D eigenvalue weighted by Gasteiger charge is 2.34. The maximum absolute atomic E-state index is 14.0. The van der Waals surface area contributed by atoms with E-state index in [9.17, 15) is 9.59 Å². The van der Waals surface area contributed by atoms with Crippen LogP contribution in [0.2, 0.25) is 0 Å². The number of hydrogen-bond donors (Lipinski definition) is 0. The van der Waals surface area contributed by atoms with Gasteiger partial charge in [0.05, 0.1) is 25.8 Å². The standard InChI is InChI=1S/C31H37N3O5S/c1-37-26-10-4-3-9-24(26)31(36)33(19-18-32-15-7-8-16-32)21-30(35)34-17-13-29-23(14-20-40-29)25(34)22-39-28-12-6-5-11-27(28)38-2/h3-6,9-12,14,20,25H,7-8,13,15-19,21-22H2,1-2H3. The van der Waals surface area contributed by atoms with Crippen molar-refractivity contribution in [2.75, 3.05) is 60.1 Å². The van der Waals surface area contributed by atoms with Gasteiger partial charge in [-0.05, 0) is 73.6 Å². The van der Waals surface area contributed by atoms with Crippen LogP contribution in [0.4, 0.5) is 0 Å². The molecule has 1 fully saturated rings. The van der Waals surface area contributed by atoms with Gasteiger partial charge in [0.1, 0.15) is 18.9 Å². The number of methoxy groups -OCH3 is 2. The third kappa shape index (κ3) is 6.26. The number of para-hydroxylation sites is 3. The Labute approximate surface area is 240 Å². The average molecular weight is 564 g/mol. The summed E-state index contributed by atoms with van der Waals surface area (Å²) in [6, 6.07) is 16.6. The van der Waals surface area contributed by atoms with E-state index in [0.29, 0.717) is 42.5 Å². The van der Waals surface area contributed by atoms with Gasteiger partial charge in [0.15, 0.2) is 11.5 Å². The van der Waals surface area contributed by atoms with Gasteiger partial charge in [-0.15, -0.1) is 11.3 Å². The number of fused-ring (bicyclic) bond motifs is 1. The second kappa shape index (κ2) is 13.2. The predicted molar refractivity (Wildman–Crippen MR) is 156 cm³/mol. The van der Waals surface area contributed by atoms with E-state index in [-0.39, 0.29) is 24.4 Å². The minimum absolute atomic E-state index is 0.00461. The molecule has 2 aliphatic rings. The molecule has 2 amide bonds. The van der Waals surface area contributed by atoms with Gasteiger partial charge in [0.25, 0.3) is 5.91 Å². The molecule has 9 heteroatoms. The molecule has 1 saturated heterocycles. The van der Waals surface area contributed by atoms with Crippen LogP contribution in [0.5, 0.6) is 17.2 Å². The van der Waals surface area contributed by atoms with E-state index in [1.165, 1.54) is 17.7 Å². The number of hydrogen-bond acceptors (Lipinski definition) is 7. The van der Waals surface area contributed by atoms with E-state index in [4.69, 9.17) is 14.2 Å². The van der Waals surface area contributed by atoms with Crippen LogP contribution >= 0.6 is 11.3 Å². The van der Waals surface area contributed by atoms with Crippen LogP contribution in [0.25, 0.3) is 0 Å². The number of ether oxygens (including phenoxy) is 3. The Morgan fingerprint density at radius 3 is 2.38 bits per heavy atom. The first-order valence-electron chi connectivity index (χ1n) is 13.8. The Hall–Kier alpha value is -3.56. The molecule has 0 N–H and O–H groups in total. The molecule has 40 heavy (non-hydrogen) atoms. The highest BCUT2D eigenvalue weighted by Crippen LogP contribution is 2.35. The first kappa shape index (κ1) is 28.0. The fourth-order valence-electron chi connectivity index (χ4n) is 5.55. The van der Waals surface area contributed by atoms with Crippen molar-refractivity contribution in [2.45, 2.75) is 25.3 Å². The number of nitrogens with zero attached hydrogens (tertiary/aromatic N) is 3. The quantitative estimate of drug-likeness (QED) is 0.342. The lowest BCUT2D eigenvalue weighted by atomic mass is 10.0. The molecule has 3 heterocycles. The fourth-order valence-corrected chi connectivity index (χ4v) is 6.48. The predicted octanol–water partition coefficient (Wildman–Crippen LogP) is 4.51. The average Bonchev–Trinajstić information content (AvgIpc) is 3.70. The molecule has 5 rings (SSSR count). The van der Waals surface area contributed by atoms with Gasteiger partial charge in [-0.25, -0.2) is 0 Å². The number of likely N-dealkylation sites (tertiary alicyclic amines) is 1. The van der Waals surface area contributed by atoms with Crippen LogP contribution in [0.3, 0.4) is 0 Å². The zero-order valence-electron chi connectivity index (χ0n) is 23.2. The van der Waals surface area contributed by atoms with Crippen LogP contribution < -0.4 is 14.2 Å². The molecular weight excluding hydrogens is 526 g/mol. The second-order valence-electron chi connectivity index (χ2n) is 10.1. The smallest absolute Gasteiger partial charge is 0.258 e. The summed E-state index contributed by atoms with van der Waals surface area (Å²) in [4.78, 5) is 35.0. The summed E-state index contributed by atoms with van der Waals surface area (Å²) in [5, 5.41) is 2.07. The maximum Gasteiger partial charge on any atom is 0.258 e. The van der Waals surface area contributed by atoms with Crippen LogP contribution in [-0.2, 0) is 11.2 Å². The summed E-state index contributed by atoms with van der Waals surface area (Å²) in [5.41, 5.74) is 1.58. The Bertz CT molecular complexity index is 1310. The van der Waals surface area contributed by atoms with Crippen molar-refractivity contribution >= 4 is 23.2 Å². The Kier molecular flexibility index (Phi) is 9.23. The first-order valence-corrected chi connectivity index (χ1v) is 14.7. The number of benzene rings is 2. The topological polar surface area (TPSA) is 71.6 Å². The molecule has 0 spiro atoms. The molecule has 0 bridgehead atoms. The number of carbonyl (C=O) groups excluding carboxylic acids is 2. The fraction of sp³-hybridized carbons (Fsp3) is 0.419. The van der Waals surface area contributed by atoms with E-state index in [2.05, 4.69) is 16.3 Å². The molecular formula is C31H37N3O5S. The van der Waals surface area contributed by atoms with Crippen LogP contribution in [0.1, 0.15) is 39.7 Å². The summed E-state index contributed by atoms with van der Waals surface area (Å²) in [7, 11) is 3.18.